The Morgan fingerprint density at radius 1 is 1.18 bits per heavy atom. The Morgan fingerprint density at radius 2 is 1.55 bits per heavy atom. The minimum Gasteiger partial charge on any atom is -0.344 e. The van der Waals surface area contributed by atoms with Crippen molar-refractivity contribution >= 4 is 12.4 Å². The number of allylic oxidation sites excluding steroid dienone is 2. The van der Waals surface area contributed by atoms with Gasteiger partial charge in [-0.2, -0.15) is 0 Å². The van der Waals surface area contributed by atoms with Gasteiger partial charge in [-0.15, -0.1) is 12.4 Å². The fourth-order valence-electron chi connectivity index (χ4n) is 0.996. The molecule has 0 saturated carbocycles. The molecule has 3 N–H and O–H groups in total. The van der Waals surface area contributed by atoms with Gasteiger partial charge in [0.1, 0.15) is 0 Å². The molecule has 0 bridgehead atoms. The smallest absolute Gasteiger partial charge is 0.0236 e. The quantitative estimate of drug-likeness (QED) is 0.654. The minimum absolute atomic E-state index is 0. The molecule has 0 atom stereocenters. The standard InChI is InChI=1S/C9H18.ClH.H3N/c1-5-9(6-2)7-8(3)4;;/h7,9H,5-6H2,1-4H3;1H;1H3. The van der Waals surface area contributed by atoms with Crippen molar-refractivity contribution in [1.82, 2.24) is 6.15 Å². The Morgan fingerprint density at radius 3 is 1.64 bits per heavy atom. The first-order valence-electron chi connectivity index (χ1n) is 3.85. The monoisotopic (exact) mass is 179 g/mol. The van der Waals surface area contributed by atoms with Crippen LogP contribution in [0, 0.1) is 5.92 Å². The van der Waals surface area contributed by atoms with Crippen molar-refractivity contribution in [2.24, 2.45) is 5.92 Å². The van der Waals surface area contributed by atoms with Crippen LogP contribution in [0.4, 0.5) is 0 Å². The molecule has 0 saturated heterocycles. The Balaban J connectivity index is -0.000000320. The number of rotatable bonds is 3. The molecule has 0 unspecified atom stereocenters. The maximum absolute atomic E-state index is 2.36. The van der Waals surface area contributed by atoms with Crippen molar-refractivity contribution in [3.63, 3.8) is 0 Å². The molecule has 0 spiro atoms. The zero-order chi connectivity index (χ0) is 7.28. The van der Waals surface area contributed by atoms with Gasteiger partial charge >= 0.3 is 0 Å². The largest absolute Gasteiger partial charge is 0.344 e. The Bertz CT molecular complexity index is 91.7. The van der Waals surface area contributed by atoms with Crippen LogP contribution in [0.25, 0.3) is 0 Å². The lowest BCUT2D eigenvalue weighted by atomic mass is 10.0. The van der Waals surface area contributed by atoms with Crippen LogP contribution in [0.2, 0.25) is 0 Å². The molecule has 0 rings (SSSR count). The molecule has 0 radical (unpaired) electrons. The van der Waals surface area contributed by atoms with E-state index in [2.05, 4.69) is 33.8 Å². The minimum atomic E-state index is 0. The van der Waals surface area contributed by atoms with Crippen molar-refractivity contribution in [3.8, 4) is 0 Å². The summed E-state index contributed by atoms with van der Waals surface area (Å²) < 4.78 is 0. The highest BCUT2D eigenvalue weighted by atomic mass is 35.5. The van der Waals surface area contributed by atoms with Gasteiger partial charge in [-0.1, -0.05) is 25.5 Å². The van der Waals surface area contributed by atoms with Gasteiger partial charge in [0.05, 0.1) is 0 Å². The molecule has 0 amide bonds. The van der Waals surface area contributed by atoms with Crippen LogP contribution in [0.3, 0.4) is 0 Å². The third-order valence-corrected chi connectivity index (χ3v) is 1.62. The molecule has 70 valence electrons. The van der Waals surface area contributed by atoms with E-state index in [0.29, 0.717) is 0 Å². The second kappa shape index (κ2) is 9.99. The topological polar surface area (TPSA) is 35.0 Å². The molecule has 0 aromatic carbocycles. The molecule has 1 nitrogen and oxygen atoms in total. The summed E-state index contributed by atoms with van der Waals surface area (Å²) in [5, 5.41) is 0. The molecule has 0 aromatic heterocycles. The van der Waals surface area contributed by atoms with E-state index in [4.69, 9.17) is 0 Å². The summed E-state index contributed by atoms with van der Waals surface area (Å²) >= 11 is 0. The first-order chi connectivity index (χ1) is 4.20. The molecule has 0 aliphatic rings. The predicted octanol–water partition coefficient (Wildman–Crippen LogP) is 3.97. The number of halogens is 1. The van der Waals surface area contributed by atoms with Gasteiger partial charge < -0.3 is 6.15 Å². The zero-order valence-electron chi connectivity index (χ0n) is 8.18. The second-order valence-corrected chi connectivity index (χ2v) is 2.82. The molecular formula is C9H22ClN. The van der Waals surface area contributed by atoms with Crippen LogP contribution >= 0.6 is 12.4 Å². The van der Waals surface area contributed by atoms with E-state index in [1.165, 1.54) is 18.4 Å². The summed E-state index contributed by atoms with van der Waals surface area (Å²) in [5.74, 6) is 0.815. The Hall–Kier alpha value is -0.0100. The van der Waals surface area contributed by atoms with Gasteiger partial charge in [0.25, 0.3) is 0 Å². The molecular weight excluding hydrogens is 158 g/mol. The predicted molar refractivity (Wildman–Crippen MR) is 55.8 cm³/mol. The summed E-state index contributed by atoms with van der Waals surface area (Å²) in [6, 6.07) is 0. The average molecular weight is 180 g/mol. The van der Waals surface area contributed by atoms with E-state index in [-0.39, 0.29) is 18.6 Å². The Labute approximate surface area is 77.3 Å². The van der Waals surface area contributed by atoms with E-state index in [1.54, 1.807) is 0 Å². The molecule has 0 aromatic rings. The fraction of sp³-hybridized carbons (Fsp3) is 0.778. The van der Waals surface area contributed by atoms with Gasteiger partial charge in [0.2, 0.25) is 0 Å². The van der Waals surface area contributed by atoms with Crippen LogP contribution in [0.15, 0.2) is 11.6 Å². The molecule has 0 aliphatic heterocycles. The molecule has 0 aliphatic carbocycles. The lowest BCUT2D eigenvalue weighted by molar-refractivity contribution is 0.602. The molecule has 0 heterocycles. The zero-order valence-corrected chi connectivity index (χ0v) is 9.00. The van der Waals surface area contributed by atoms with Gasteiger partial charge in [-0.25, -0.2) is 0 Å². The average Bonchev–Trinajstić information content (AvgIpc) is 1.82. The van der Waals surface area contributed by atoms with E-state index in [0.717, 1.165) is 5.92 Å². The summed E-state index contributed by atoms with van der Waals surface area (Å²) in [5.41, 5.74) is 1.45. The molecule has 0 fully saturated rings. The SMILES string of the molecule is CCC(C=C(C)C)CC.Cl.N. The lowest BCUT2D eigenvalue weighted by Crippen LogP contribution is -1.90. The third kappa shape index (κ3) is 9.99. The van der Waals surface area contributed by atoms with Gasteiger partial charge in [0.15, 0.2) is 0 Å². The highest BCUT2D eigenvalue weighted by Gasteiger charge is 1.96. The first-order valence-corrected chi connectivity index (χ1v) is 3.85. The van der Waals surface area contributed by atoms with E-state index in [1.807, 2.05) is 0 Å². The van der Waals surface area contributed by atoms with Crippen LogP contribution in [0.1, 0.15) is 40.5 Å². The fourth-order valence-corrected chi connectivity index (χ4v) is 0.996. The highest BCUT2D eigenvalue weighted by Crippen LogP contribution is 2.10. The third-order valence-electron chi connectivity index (χ3n) is 1.62. The van der Waals surface area contributed by atoms with E-state index < -0.39 is 0 Å². The van der Waals surface area contributed by atoms with E-state index >= 15 is 0 Å². The molecule has 11 heavy (non-hydrogen) atoms. The summed E-state index contributed by atoms with van der Waals surface area (Å²) in [6.45, 7) is 8.82. The first kappa shape index (κ1) is 17.2. The Kier molecular flexibility index (Phi) is 15.6. The summed E-state index contributed by atoms with van der Waals surface area (Å²) in [6.07, 6.45) is 4.92. The van der Waals surface area contributed by atoms with Crippen molar-refractivity contribution in [3.05, 3.63) is 11.6 Å². The van der Waals surface area contributed by atoms with Gasteiger partial charge in [-0.3, -0.25) is 0 Å². The van der Waals surface area contributed by atoms with Crippen molar-refractivity contribution in [1.29, 1.82) is 0 Å². The number of hydrogen-bond acceptors (Lipinski definition) is 1. The van der Waals surface area contributed by atoms with Crippen LogP contribution in [0.5, 0.6) is 0 Å². The highest BCUT2D eigenvalue weighted by molar-refractivity contribution is 5.85. The molecule has 2 heteroatoms. The second-order valence-electron chi connectivity index (χ2n) is 2.82. The lowest BCUT2D eigenvalue weighted by Gasteiger charge is -2.05. The van der Waals surface area contributed by atoms with Crippen molar-refractivity contribution < 1.29 is 0 Å². The number of hydrogen-bond donors (Lipinski definition) is 1. The van der Waals surface area contributed by atoms with Crippen LogP contribution < -0.4 is 6.15 Å². The maximum atomic E-state index is 2.36. The van der Waals surface area contributed by atoms with Gasteiger partial charge in [-0.05, 0) is 32.6 Å². The summed E-state index contributed by atoms with van der Waals surface area (Å²) in [7, 11) is 0. The van der Waals surface area contributed by atoms with Crippen LogP contribution in [-0.2, 0) is 0 Å². The van der Waals surface area contributed by atoms with Crippen molar-refractivity contribution in [2.45, 2.75) is 40.5 Å². The van der Waals surface area contributed by atoms with Crippen molar-refractivity contribution in [2.75, 3.05) is 0 Å². The van der Waals surface area contributed by atoms with Crippen LogP contribution in [-0.4, -0.2) is 0 Å². The maximum Gasteiger partial charge on any atom is -0.0236 e. The van der Waals surface area contributed by atoms with E-state index in [9.17, 15) is 0 Å². The van der Waals surface area contributed by atoms with Gasteiger partial charge in [0, 0.05) is 0 Å². The summed E-state index contributed by atoms with van der Waals surface area (Å²) in [4.78, 5) is 0. The normalized spacial score (nSPS) is 8.09.